The quantitative estimate of drug-likeness (QED) is 0.630. The Kier molecular flexibility index (Phi) is 3.17. The highest BCUT2D eigenvalue weighted by molar-refractivity contribution is 5.49. The molecule has 2 aliphatic carbocycles. The van der Waals surface area contributed by atoms with Crippen LogP contribution < -0.4 is 5.32 Å². The largest absolute Gasteiger partial charge is 0.379 e. The molecule has 0 aromatic carbocycles. The number of ether oxygens (including phenoxy) is 1. The zero-order valence-corrected chi connectivity index (χ0v) is 8.62. The molecule has 1 fully saturated rings. The van der Waals surface area contributed by atoms with Crippen molar-refractivity contribution in [3.8, 4) is 0 Å². The van der Waals surface area contributed by atoms with Crippen LogP contribution in [0.4, 0.5) is 0 Å². The van der Waals surface area contributed by atoms with Gasteiger partial charge in [0, 0.05) is 12.6 Å². The molecular weight excluding hydrogens is 174 g/mol. The molecule has 1 N–H and O–H groups in total. The molecule has 2 bridgehead atoms. The lowest BCUT2D eigenvalue weighted by atomic mass is 10.3. The van der Waals surface area contributed by atoms with Crippen LogP contribution in [0, 0.1) is 0 Å². The van der Waals surface area contributed by atoms with Crippen molar-refractivity contribution >= 4 is 0 Å². The van der Waals surface area contributed by atoms with Crippen molar-refractivity contribution in [3.05, 3.63) is 35.5 Å². The van der Waals surface area contributed by atoms with Gasteiger partial charge in [0.15, 0.2) is 0 Å². The van der Waals surface area contributed by atoms with Crippen LogP contribution >= 0.6 is 0 Å². The number of nitrogens with one attached hydrogen (secondary N) is 1. The molecule has 0 spiro atoms. The number of hydrogen-bond acceptors (Lipinski definition) is 2. The molecule has 0 aromatic rings. The second-order valence-electron chi connectivity index (χ2n) is 3.92. The van der Waals surface area contributed by atoms with Crippen LogP contribution in [-0.2, 0) is 4.74 Å². The van der Waals surface area contributed by atoms with Crippen molar-refractivity contribution < 1.29 is 4.74 Å². The molecule has 14 heavy (non-hydrogen) atoms. The topological polar surface area (TPSA) is 21.3 Å². The first kappa shape index (κ1) is 9.69. The summed E-state index contributed by atoms with van der Waals surface area (Å²) in [5.74, 6) is 0. The first-order valence-corrected chi connectivity index (χ1v) is 5.23. The molecule has 2 heteroatoms. The Bertz CT molecular complexity index is 263. The maximum atomic E-state index is 5.12. The average Bonchev–Trinajstić information content (AvgIpc) is 2.83. The molecule has 76 valence electrons. The smallest absolute Gasteiger partial charge is 0.0617 e. The lowest BCUT2D eigenvalue weighted by Crippen LogP contribution is -2.38. The number of hydrogen-bond donors (Lipinski definition) is 1. The van der Waals surface area contributed by atoms with Crippen LogP contribution in [0.3, 0.4) is 0 Å². The molecule has 0 amide bonds. The molecule has 0 aromatic heterocycles. The Morgan fingerprint density at radius 2 is 2.00 bits per heavy atom. The lowest BCUT2D eigenvalue weighted by Gasteiger charge is -2.19. The number of morpholine rings is 1. The van der Waals surface area contributed by atoms with Crippen molar-refractivity contribution in [2.45, 2.75) is 19.4 Å². The van der Waals surface area contributed by atoms with Gasteiger partial charge in [-0.05, 0) is 24.5 Å². The van der Waals surface area contributed by atoms with E-state index < -0.39 is 0 Å². The van der Waals surface area contributed by atoms with Crippen LogP contribution in [0.2, 0.25) is 0 Å². The Labute approximate surface area is 85.3 Å². The molecule has 1 atom stereocenters. The molecule has 1 unspecified atom stereocenters. The summed E-state index contributed by atoms with van der Waals surface area (Å²) in [4.78, 5) is 0. The number of allylic oxidation sites excluding steroid dienone is 6. The van der Waals surface area contributed by atoms with Gasteiger partial charge in [-0.25, -0.2) is 0 Å². The van der Waals surface area contributed by atoms with Gasteiger partial charge in [0.1, 0.15) is 0 Å². The van der Waals surface area contributed by atoms with Crippen LogP contribution in [-0.4, -0.2) is 25.8 Å². The summed E-state index contributed by atoms with van der Waals surface area (Å²) in [7, 11) is 0. The summed E-state index contributed by atoms with van der Waals surface area (Å²) in [6, 6.07) is 0.564. The van der Waals surface area contributed by atoms with Crippen LogP contribution in [0.25, 0.3) is 0 Å². The van der Waals surface area contributed by atoms with E-state index >= 15 is 0 Å². The molecule has 2 nitrogen and oxygen atoms in total. The third-order valence-corrected chi connectivity index (χ3v) is 2.54. The van der Waals surface area contributed by atoms with Crippen LogP contribution in [0.5, 0.6) is 0 Å². The number of fused-ring (bicyclic) bond motifs is 2. The van der Waals surface area contributed by atoms with Gasteiger partial charge >= 0.3 is 0 Å². The van der Waals surface area contributed by atoms with Crippen molar-refractivity contribution in [2.24, 2.45) is 0 Å². The van der Waals surface area contributed by atoms with E-state index in [-0.39, 0.29) is 0 Å². The molecule has 3 rings (SSSR count). The second kappa shape index (κ2) is 4.58. The molecule has 0 radical (unpaired) electrons. The van der Waals surface area contributed by atoms with Gasteiger partial charge in [-0.15, -0.1) is 0 Å². The summed E-state index contributed by atoms with van der Waals surface area (Å²) in [6.45, 7) is 4.89. The predicted molar refractivity (Wildman–Crippen MR) is 58.2 cm³/mol. The first-order valence-electron chi connectivity index (χ1n) is 5.23. The van der Waals surface area contributed by atoms with Gasteiger partial charge in [-0.1, -0.05) is 24.3 Å². The van der Waals surface area contributed by atoms with Crippen molar-refractivity contribution in [1.82, 2.24) is 5.32 Å². The van der Waals surface area contributed by atoms with Gasteiger partial charge in [0.2, 0.25) is 0 Å². The minimum Gasteiger partial charge on any atom is -0.379 e. The van der Waals surface area contributed by atoms with Crippen molar-refractivity contribution in [1.29, 1.82) is 0 Å². The SMILES string of the molecule is C1=CC2=CC=C1C2.CC1COCCN1. The van der Waals surface area contributed by atoms with Gasteiger partial charge in [0.25, 0.3) is 0 Å². The fourth-order valence-corrected chi connectivity index (χ4v) is 1.71. The minimum atomic E-state index is 0.564. The Hall–Kier alpha value is -0.860. The zero-order valence-electron chi connectivity index (χ0n) is 8.62. The molecule has 3 aliphatic rings. The molecule has 1 aliphatic heterocycles. The second-order valence-corrected chi connectivity index (χ2v) is 3.92. The zero-order chi connectivity index (χ0) is 9.80. The van der Waals surface area contributed by atoms with Gasteiger partial charge in [-0.2, -0.15) is 0 Å². The monoisotopic (exact) mass is 191 g/mol. The minimum absolute atomic E-state index is 0.564. The number of rotatable bonds is 0. The van der Waals surface area contributed by atoms with E-state index in [2.05, 4.69) is 36.5 Å². The van der Waals surface area contributed by atoms with E-state index in [0.717, 1.165) is 19.8 Å². The molecule has 0 saturated carbocycles. The lowest BCUT2D eigenvalue weighted by molar-refractivity contribution is 0.0824. The highest BCUT2D eigenvalue weighted by Crippen LogP contribution is 2.27. The normalized spacial score (nSPS) is 27.9. The van der Waals surface area contributed by atoms with Gasteiger partial charge < -0.3 is 10.1 Å². The summed E-state index contributed by atoms with van der Waals surface area (Å²) in [5, 5.41) is 3.26. The van der Waals surface area contributed by atoms with Crippen molar-refractivity contribution in [2.75, 3.05) is 19.8 Å². The molecule has 1 saturated heterocycles. The first-order chi connectivity index (χ1) is 6.84. The van der Waals surface area contributed by atoms with E-state index in [1.54, 1.807) is 0 Å². The van der Waals surface area contributed by atoms with Crippen LogP contribution in [0.1, 0.15) is 13.3 Å². The van der Waals surface area contributed by atoms with E-state index in [1.165, 1.54) is 17.6 Å². The summed E-state index contributed by atoms with van der Waals surface area (Å²) < 4.78 is 5.12. The summed E-state index contributed by atoms with van der Waals surface area (Å²) in [6.07, 6.45) is 9.90. The van der Waals surface area contributed by atoms with E-state index in [9.17, 15) is 0 Å². The third-order valence-electron chi connectivity index (χ3n) is 2.54. The Morgan fingerprint density at radius 1 is 1.29 bits per heavy atom. The summed E-state index contributed by atoms with van der Waals surface area (Å²) in [5.41, 5.74) is 2.94. The standard InChI is InChI=1S/C7H6.C5H11NO/c1-2-7-4-3-6(1)5-7;1-5-4-7-3-2-6-5/h1-4H,5H2;5-6H,2-4H2,1H3. The Morgan fingerprint density at radius 3 is 2.21 bits per heavy atom. The van der Waals surface area contributed by atoms with Gasteiger partial charge in [-0.3, -0.25) is 0 Å². The van der Waals surface area contributed by atoms with E-state index in [1.807, 2.05) is 0 Å². The average molecular weight is 191 g/mol. The highest BCUT2D eigenvalue weighted by Gasteiger charge is 2.07. The fraction of sp³-hybridized carbons (Fsp3) is 0.500. The maximum Gasteiger partial charge on any atom is 0.0617 e. The maximum absolute atomic E-state index is 5.12. The van der Waals surface area contributed by atoms with E-state index in [0.29, 0.717) is 6.04 Å². The third kappa shape index (κ3) is 2.56. The van der Waals surface area contributed by atoms with E-state index in [4.69, 9.17) is 4.74 Å². The fourth-order valence-electron chi connectivity index (χ4n) is 1.71. The molecule has 1 heterocycles. The van der Waals surface area contributed by atoms with Crippen LogP contribution in [0.15, 0.2) is 35.5 Å². The van der Waals surface area contributed by atoms with Gasteiger partial charge in [0.05, 0.1) is 13.2 Å². The Balaban J connectivity index is 0.000000107. The molecular formula is C12H17NO. The summed E-state index contributed by atoms with van der Waals surface area (Å²) >= 11 is 0. The highest BCUT2D eigenvalue weighted by atomic mass is 16.5. The van der Waals surface area contributed by atoms with Crippen molar-refractivity contribution in [3.63, 3.8) is 0 Å². The predicted octanol–water partition coefficient (Wildman–Crippen LogP) is 1.81.